The second kappa shape index (κ2) is 11.3. The molecule has 8 heteroatoms. The van der Waals surface area contributed by atoms with E-state index in [4.69, 9.17) is 4.74 Å². The molecule has 33 heavy (non-hydrogen) atoms. The summed E-state index contributed by atoms with van der Waals surface area (Å²) in [5.74, 6) is -0.175. The Bertz CT molecular complexity index is 1130. The van der Waals surface area contributed by atoms with Crippen molar-refractivity contribution in [2.75, 3.05) is 11.9 Å². The number of ether oxygens (including phenoxy) is 1. The Morgan fingerprint density at radius 3 is 1.97 bits per heavy atom. The number of carbonyl (C=O) groups excluding carboxylic acids is 3. The maximum absolute atomic E-state index is 12.4. The van der Waals surface area contributed by atoms with Gasteiger partial charge in [0.2, 0.25) is 0 Å². The van der Waals surface area contributed by atoms with Gasteiger partial charge in [-0.3, -0.25) is 25.2 Å². The number of halogens is 1. The lowest BCUT2D eigenvalue weighted by Crippen LogP contribution is -2.41. The number of benzene rings is 3. The minimum atomic E-state index is -0.486. The third kappa shape index (κ3) is 6.92. The predicted octanol–water partition coefficient (Wildman–Crippen LogP) is 4.81. The minimum absolute atomic E-state index is 0.244. The zero-order valence-corrected chi connectivity index (χ0v) is 19.8. The zero-order valence-electron chi connectivity index (χ0n) is 18.2. The van der Waals surface area contributed by atoms with Crippen molar-refractivity contribution in [3.8, 4) is 5.75 Å². The van der Waals surface area contributed by atoms with Gasteiger partial charge in [-0.1, -0.05) is 32.0 Å². The van der Waals surface area contributed by atoms with Crippen LogP contribution in [0.15, 0.2) is 77.3 Å². The fourth-order valence-corrected chi connectivity index (χ4v) is 3.26. The van der Waals surface area contributed by atoms with Crippen molar-refractivity contribution in [1.82, 2.24) is 10.9 Å². The molecule has 0 aromatic heterocycles. The second-order valence-corrected chi connectivity index (χ2v) is 8.51. The van der Waals surface area contributed by atoms with Gasteiger partial charge in [-0.15, -0.1) is 0 Å². The van der Waals surface area contributed by atoms with Crippen molar-refractivity contribution < 1.29 is 19.1 Å². The first-order chi connectivity index (χ1) is 15.8. The summed E-state index contributed by atoms with van der Waals surface area (Å²) in [6, 6.07) is 20.1. The molecule has 0 saturated carbocycles. The molecule has 0 saturated heterocycles. The largest absolute Gasteiger partial charge is 0.492 e. The van der Waals surface area contributed by atoms with Crippen LogP contribution in [0.3, 0.4) is 0 Å². The van der Waals surface area contributed by atoms with Crippen LogP contribution in [0.1, 0.15) is 44.9 Å². The molecule has 0 aliphatic heterocycles. The van der Waals surface area contributed by atoms with E-state index in [1.54, 1.807) is 66.7 Å². The second-order valence-electron chi connectivity index (χ2n) is 7.66. The van der Waals surface area contributed by atoms with Crippen LogP contribution in [-0.2, 0) is 0 Å². The molecule has 0 heterocycles. The van der Waals surface area contributed by atoms with E-state index >= 15 is 0 Å². The van der Waals surface area contributed by atoms with Crippen molar-refractivity contribution >= 4 is 39.3 Å². The SMILES string of the molecule is CC(C)COc1ccc(C(=O)NNC(=O)c2ccc(NC(=O)c3ccccc3)cc2)cc1Br. The van der Waals surface area contributed by atoms with Gasteiger partial charge in [-0.2, -0.15) is 0 Å². The van der Waals surface area contributed by atoms with E-state index in [9.17, 15) is 14.4 Å². The van der Waals surface area contributed by atoms with Gasteiger partial charge < -0.3 is 10.1 Å². The molecule has 0 radical (unpaired) electrons. The van der Waals surface area contributed by atoms with Crippen LogP contribution in [0.5, 0.6) is 5.75 Å². The van der Waals surface area contributed by atoms with Crippen molar-refractivity contribution in [1.29, 1.82) is 0 Å². The van der Waals surface area contributed by atoms with E-state index in [2.05, 4.69) is 32.1 Å². The molecule has 3 amide bonds. The first-order valence-electron chi connectivity index (χ1n) is 10.3. The molecule has 0 atom stereocenters. The smallest absolute Gasteiger partial charge is 0.269 e. The van der Waals surface area contributed by atoms with Gasteiger partial charge in [0.25, 0.3) is 17.7 Å². The number of hydrogen-bond donors (Lipinski definition) is 3. The van der Waals surface area contributed by atoms with Crippen molar-refractivity contribution in [2.24, 2.45) is 5.92 Å². The Morgan fingerprint density at radius 1 is 0.788 bits per heavy atom. The molecule has 0 spiro atoms. The molecule has 3 aromatic rings. The summed E-state index contributed by atoms with van der Waals surface area (Å²) < 4.78 is 6.32. The minimum Gasteiger partial charge on any atom is -0.492 e. The topological polar surface area (TPSA) is 96.5 Å². The van der Waals surface area contributed by atoms with Crippen LogP contribution in [0.25, 0.3) is 0 Å². The van der Waals surface area contributed by atoms with E-state index in [1.165, 1.54) is 0 Å². The third-order valence-corrected chi connectivity index (χ3v) is 5.12. The molecule has 7 nitrogen and oxygen atoms in total. The van der Waals surface area contributed by atoms with E-state index in [-0.39, 0.29) is 5.91 Å². The summed E-state index contributed by atoms with van der Waals surface area (Å²) in [4.78, 5) is 37.0. The summed E-state index contributed by atoms with van der Waals surface area (Å²) in [7, 11) is 0. The highest BCUT2D eigenvalue weighted by molar-refractivity contribution is 9.10. The van der Waals surface area contributed by atoms with Crippen LogP contribution in [0, 0.1) is 5.92 Å². The first kappa shape index (κ1) is 24.0. The fraction of sp³-hybridized carbons (Fsp3) is 0.160. The van der Waals surface area contributed by atoms with Crippen LogP contribution in [0.2, 0.25) is 0 Å². The Kier molecular flexibility index (Phi) is 8.21. The Balaban J connectivity index is 1.53. The number of anilines is 1. The predicted molar refractivity (Wildman–Crippen MR) is 130 cm³/mol. The first-order valence-corrected chi connectivity index (χ1v) is 11.1. The lowest BCUT2D eigenvalue weighted by molar-refractivity contribution is 0.0846. The highest BCUT2D eigenvalue weighted by atomic mass is 79.9. The Labute approximate surface area is 200 Å². The molecule has 170 valence electrons. The number of hydrogen-bond acceptors (Lipinski definition) is 4. The van der Waals surface area contributed by atoms with Gasteiger partial charge >= 0.3 is 0 Å². The quantitative estimate of drug-likeness (QED) is 0.398. The number of rotatable bonds is 7. The molecule has 0 aliphatic rings. The monoisotopic (exact) mass is 509 g/mol. The summed E-state index contributed by atoms with van der Waals surface area (Å²) in [5.41, 5.74) is 6.55. The third-order valence-electron chi connectivity index (χ3n) is 4.50. The van der Waals surface area contributed by atoms with Gasteiger partial charge in [0, 0.05) is 22.4 Å². The molecular formula is C25H24BrN3O4. The van der Waals surface area contributed by atoms with Gasteiger partial charge in [0.15, 0.2) is 0 Å². The molecule has 3 N–H and O–H groups in total. The summed E-state index contributed by atoms with van der Waals surface area (Å²) in [6.45, 7) is 4.66. The van der Waals surface area contributed by atoms with Crippen LogP contribution in [0.4, 0.5) is 5.69 Å². The van der Waals surface area contributed by atoms with Crippen molar-refractivity contribution in [2.45, 2.75) is 13.8 Å². The van der Waals surface area contributed by atoms with Gasteiger partial charge in [-0.25, -0.2) is 0 Å². The molecule has 0 aliphatic carbocycles. The molecule has 3 rings (SSSR count). The lowest BCUT2D eigenvalue weighted by Gasteiger charge is -2.12. The number of carbonyl (C=O) groups is 3. The Morgan fingerprint density at radius 2 is 1.36 bits per heavy atom. The highest BCUT2D eigenvalue weighted by Gasteiger charge is 2.12. The molecule has 0 bridgehead atoms. The molecule has 3 aromatic carbocycles. The van der Waals surface area contributed by atoms with Gasteiger partial charge in [-0.05, 0) is 76.4 Å². The summed E-state index contributed by atoms with van der Waals surface area (Å²) in [6.07, 6.45) is 0. The lowest BCUT2D eigenvalue weighted by atomic mass is 10.1. The average Bonchev–Trinajstić information content (AvgIpc) is 2.82. The maximum Gasteiger partial charge on any atom is 0.269 e. The van der Waals surface area contributed by atoms with Crippen LogP contribution in [-0.4, -0.2) is 24.3 Å². The van der Waals surface area contributed by atoms with E-state index in [0.29, 0.717) is 45.1 Å². The number of nitrogens with one attached hydrogen (secondary N) is 3. The highest BCUT2D eigenvalue weighted by Crippen LogP contribution is 2.26. The van der Waals surface area contributed by atoms with Gasteiger partial charge in [0.1, 0.15) is 5.75 Å². The zero-order chi connectivity index (χ0) is 23.8. The van der Waals surface area contributed by atoms with Gasteiger partial charge in [0.05, 0.1) is 11.1 Å². The number of hydrazine groups is 1. The fourth-order valence-electron chi connectivity index (χ4n) is 2.77. The molecular weight excluding hydrogens is 486 g/mol. The van der Waals surface area contributed by atoms with Crippen LogP contribution < -0.4 is 20.9 Å². The van der Waals surface area contributed by atoms with Crippen molar-refractivity contribution in [3.05, 3.63) is 94.0 Å². The number of amides is 3. The standard InChI is InChI=1S/C25H24BrN3O4/c1-16(2)15-33-22-13-10-19(14-21(22)26)25(32)29-28-24(31)18-8-11-20(12-9-18)27-23(30)17-6-4-3-5-7-17/h3-14,16H,15H2,1-2H3,(H,27,30)(H,28,31)(H,29,32). The van der Waals surface area contributed by atoms with E-state index in [0.717, 1.165) is 0 Å². The average molecular weight is 510 g/mol. The van der Waals surface area contributed by atoms with Crippen LogP contribution >= 0.6 is 15.9 Å². The normalized spacial score (nSPS) is 10.4. The van der Waals surface area contributed by atoms with Crippen molar-refractivity contribution in [3.63, 3.8) is 0 Å². The molecule has 0 unspecified atom stereocenters. The van der Waals surface area contributed by atoms with E-state index in [1.807, 2.05) is 19.9 Å². The Hall–Kier alpha value is -3.65. The summed E-state index contributed by atoms with van der Waals surface area (Å²) in [5, 5.41) is 2.77. The summed E-state index contributed by atoms with van der Waals surface area (Å²) >= 11 is 3.40. The van der Waals surface area contributed by atoms with E-state index < -0.39 is 11.8 Å². The molecule has 0 fully saturated rings. The maximum atomic E-state index is 12.4.